The van der Waals surface area contributed by atoms with E-state index >= 15 is 0 Å². The van der Waals surface area contributed by atoms with Gasteiger partial charge in [0.15, 0.2) is 0 Å². The van der Waals surface area contributed by atoms with E-state index in [4.69, 9.17) is 17.3 Å². The first kappa shape index (κ1) is 15.7. The van der Waals surface area contributed by atoms with Gasteiger partial charge in [0.1, 0.15) is 6.56 Å². The molecule has 1 amide bonds. The monoisotopic (exact) mass is 440 g/mol. The molecule has 0 bridgehead atoms. The third kappa shape index (κ3) is 5.53. The fraction of sp³-hybridized carbons (Fsp3) is 0.261. The molecule has 0 unspecified atom stereocenters. The molecule has 0 saturated carbocycles. The van der Waals surface area contributed by atoms with Crippen LogP contribution in [0.3, 0.4) is 0 Å². The van der Waals surface area contributed by atoms with Crippen LogP contribution in [-0.2, 0) is 6.56 Å². The number of amides is 1. The van der Waals surface area contributed by atoms with Gasteiger partial charge in [0.05, 0.1) is 17.9 Å². The van der Waals surface area contributed by atoms with Crippen LogP contribution >= 0.6 is 11.8 Å². The third-order valence-electron chi connectivity index (χ3n) is 4.72. The number of carbonyl (C=O) groups excluding carboxylic acids is 1. The lowest BCUT2D eigenvalue weighted by atomic mass is 10.2. The van der Waals surface area contributed by atoms with Crippen molar-refractivity contribution < 1.29 is 16.4 Å². The maximum Gasteiger partial charge on any atom is 0.248 e. The summed E-state index contributed by atoms with van der Waals surface area (Å²) in [5.41, 5.74) is 5.50. The number of nitrogens with zero attached hydrogens (tertiary/aromatic N) is 4. The predicted octanol–water partition coefficient (Wildman–Crippen LogP) is 3.06. The van der Waals surface area contributed by atoms with Crippen LogP contribution in [-0.4, -0.2) is 54.0 Å². The molecule has 2 aromatic carbocycles. The molecule has 160 valence electrons. The molecule has 4 rings (SSSR count). The topological polar surface area (TPSA) is 84.6 Å². The van der Waals surface area contributed by atoms with Gasteiger partial charge in [-0.05, 0) is 36.9 Å². The third-order valence-corrected chi connectivity index (χ3v) is 5.73. The van der Waals surface area contributed by atoms with E-state index < -0.39 is 18.5 Å². The summed E-state index contributed by atoms with van der Waals surface area (Å²) in [7, 11) is 2.03. The van der Waals surface area contributed by atoms with Crippen molar-refractivity contribution in [3.05, 3.63) is 71.8 Å². The number of ether oxygens (including phenoxy) is 1. The number of hydrogen-bond donors (Lipinski definition) is 1. The van der Waals surface area contributed by atoms with E-state index in [0.29, 0.717) is 29.5 Å². The number of primary amides is 1. The van der Waals surface area contributed by atoms with Gasteiger partial charge in [0.25, 0.3) is 0 Å². The molecular formula is C23H25N5O2S. The molecule has 31 heavy (non-hydrogen) atoms. The highest BCUT2D eigenvalue weighted by Gasteiger charge is 2.19. The Morgan fingerprint density at radius 2 is 2.00 bits per heavy atom. The van der Waals surface area contributed by atoms with Gasteiger partial charge >= 0.3 is 0 Å². The maximum absolute atomic E-state index is 11.4. The Bertz CT molecular complexity index is 1270. The minimum atomic E-state index is -2.50. The molecule has 0 radical (unpaired) electrons. The van der Waals surface area contributed by atoms with Crippen molar-refractivity contribution in [3.8, 4) is 5.88 Å². The average molecular weight is 441 g/mol. The standard InChI is InChI=1S/C23H25N5O2S/c1-27-11-13-28(14-12-27)23-25-15-20(31-19-9-7-18(8-10-19)21(24)29)22(26-23)30-16-17-5-3-2-4-6-17/h2-10,15H,11-14,16H2,1H3,(H2,24,29)/i2D,3D,5D,16D2. The first-order chi connectivity index (χ1) is 17.0. The number of anilines is 1. The van der Waals surface area contributed by atoms with Crippen LogP contribution in [0.4, 0.5) is 5.95 Å². The number of piperazine rings is 1. The normalized spacial score (nSPS) is 17.2. The van der Waals surface area contributed by atoms with Crippen molar-refractivity contribution in [2.24, 2.45) is 5.73 Å². The Morgan fingerprint density at radius 1 is 1.23 bits per heavy atom. The number of aromatic nitrogens is 2. The lowest BCUT2D eigenvalue weighted by Gasteiger charge is -2.32. The van der Waals surface area contributed by atoms with Crippen molar-refractivity contribution >= 4 is 23.6 Å². The van der Waals surface area contributed by atoms with Crippen LogP contribution in [0.2, 0.25) is 0 Å². The minimum absolute atomic E-state index is 0.0196. The molecule has 1 aliphatic rings. The molecule has 2 heterocycles. The molecule has 1 fully saturated rings. The van der Waals surface area contributed by atoms with Crippen LogP contribution in [0.15, 0.2) is 70.5 Å². The van der Waals surface area contributed by atoms with Crippen LogP contribution < -0.4 is 15.4 Å². The molecule has 0 spiro atoms. The van der Waals surface area contributed by atoms with Gasteiger partial charge in [-0.3, -0.25) is 4.79 Å². The molecule has 8 heteroatoms. The smallest absolute Gasteiger partial charge is 0.248 e. The van der Waals surface area contributed by atoms with Gasteiger partial charge in [0.2, 0.25) is 17.7 Å². The largest absolute Gasteiger partial charge is 0.472 e. The summed E-state index contributed by atoms with van der Waals surface area (Å²) in [6, 6.07) is 8.17. The lowest BCUT2D eigenvalue weighted by Crippen LogP contribution is -2.45. The second kappa shape index (κ2) is 9.80. The van der Waals surface area contributed by atoms with Gasteiger partial charge in [-0.1, -0.05) is 42.0 Å². The number of benzene rings is 2. The summed E-state index contributed by atoms with van der Waals surface area (Å²) in [5.74, 6) is -0.160. The van der Waals surface area contributed by atoms with Gasteiger partial charge in [-0.25, -0.2) is 4.98 Å². The molecule has 1 saturated heterocycles. The zero-order chi connectivity index (χ0) is 26.0. The van der Waals surface area contributed by atoms with Crippen molar-refractivity contribution in [2.45, 2.75) is 16.3 Å². The van der Waals surface area contributed by atoms with Crippen LogP contribution in [0, 0.1) is 0 Å². The highest BCUT2D eigenvalue weighted by Crippen LogP contribution is 2.35. The Kier molecular flexibility index (Phi) is 4.95. The summed E-state index contributed by atoms with van der Waals surface area (Å²) in [5, 5.41) is 0. The number of nitrogens with two attached hydrogens (primary N) is 1. The van der Waals surface area contributed by atoms with E-state index in [2.05, 4.69) is 14.9 Å². The van der Waals surface area contributed by atoms with Crippen molar-refractivity contribution in [1.82, 2.24) is 14.9 Å². The lowest BCUT2D eigenvalue weighted by molar-refractivity contribution is 0.1000. The first-order valence-corrected chi connectivity index (χ1v) is 10.5. The molecule has 0 atom stereocenters. The Hall–Kier alpha value is -3.10. The van der Waals surface area contributed by atoms with E-state index in [1.807, 2.05) is 11.9 Å². The summed E-state index contributed by atoms with van der Waals surface area (Å²) in [6.45, 7) is 0.565. The Balaban J connectivity index is 1.69. The molecule has 0 aliphatic carbocycles. The zero-order valence-electron chi connectivity index (χ0n) is 22.0. The van der Waals surface area contributed by atoms with Gasteiger partial charge in [-0.15, -0.1) is 0 Å². The van der Waals surface area contributed by atoms with Crippen LogP contribution in [0.25, 0.3) is 0 Å². The predicted molar refractivity (Wildman–Crippen MR) is 122 cm³/mol. The molecule has 1 aliphatic heterocycles. The molecular weight excluding hydrogens is 410 g/mol. The fourth-order valence-corrected chi connectivity index (χ4v) is 3.74. The van der Waals surface area contributed by atoms with Crippen molar-refractivity contribution in [3.63, 3.8) is 0 Å². The Morgan fingerprint density at radius 3 is 2.74 bits per heavy atom. The SMILES string of the molecule is [2H]c1ccc(C([2H])([2H])Oc2nc(N3CCN(C)CC3)ncc2Sc2ccc(C(N)=O)cc2)c([2H])c1[2H]. The molecule has 3 aromatic rings. The zero-order valence-corrected chi connectivity index (χ0v) is 17.8. The number of hydrogen-bond acceptors (Lipinski definition) is 7. The summed E-state index contributed by atoms with van der Waals surface area (Å²) >= 11 is 1.23. The molecule has 7 nitrogen and oxygen atoms in total. The van der Waals surface area contributed by atoms with Crippen molar-refractivity contribution in [1.29, 1.82) is 0 Å². The first-order valence-electron chi connectivity index (χ1n) is 12.2. The van der Waals surface area contributed by atoms with Gasteiger partial charge in [0, 0.05) is 36.6 Å². The Labute approximate surface area is 193 Å². The van der Waals surface area contributed by atoms with Crippen LogP contribution in [0.5, 0.6) is 5.88 Å². The number of likely N-dealkylation sites (N-methyl/N-ethyl adjacent to an activating group) is 1. The van der Waals surface area contributed by atoms with Crippen molar-refractivity contribution in [2.75, 3.05) is 38.1 Å². The van der Waals surface area contributed by atoms with E-state index in [9.17, 15) is 4.79 Å². The maximum atomic E-state index is 11.4. The van der Waals surface area contributed by atoms with Gasteiger partial charge in [-0.2, -0.15) is 4.98 Å². The quantitative estimate of drug-likeness (QED) is 0.604. The highest BCUT2D eigenvalue weighted by atomic mass is 32.2. The van der Waals surface area contributed by atoms with E-state index in [-0.39, 0.29) is 23.5 Å². The van der Waals surface area contributed by atoms with E-state index in [0.717, 1.165) is 18.0 Å². The fourth-order valence-electron chi connectivity index (χ4n) is 2.94. The second-order valence-electron chi connectivity index (χ2n) is 6.97. The van der Waals surface area contributed by atoms with Gasteiger partial charge < -0.3 is 20.3 Å². The molecule has 2 N–H and O–H groups in total. The number of carbonyl (C=O) groups is 1. The van der Waals surface area contributed by atoms with Crippen LogP contribution in [0.1, 0.15) is 22.8 Å². The summed E-state index contributed by atoms with van der Waals surface area (Å²) in [6.07, 6.45) is 1.56. The highest BCUT2D eigenvalue weighted by molar-refractivity contribution is 7.99. The number of rotatable bonds is 7. The average Bonchev–Trinajstić information content (AvgIpc) is 2.84. The summed E-state index contributed by atoms with van der Waals surface area (Å²) < 4.78 is 46.6. The summed E-state index contributed by atoms with van der Waals surface area (Å²) in [4.78, 5) is 25.7. The minimum Gasteiger partial charge on any atom is -0.472 e. The van der Waals surface area contributed by atoms with E-state index in [1.165, 1.54) is 23.9 Å². The van der Waals surface area contributed by atoms with E-state index in [1.54, 1.807) is 30.5 Å². The second-order valence-corrected chi connectivity index (χ2v) is 8.08. The molecule has 1 aromatic heterocycles.